The second-order valence-electron chi connectivity index (χ2n) is 3.46. The van der Waals surface area contributed by atoms with Crippen molar-refractivity contribution in [1.29, 1.82) is 0 Å². The molecule has 0 bridgehead atoms. The number of carbonyl (C=O) groups is 1. The van der Waals surface area contributed by atoms with Gasteiger partial charge in [-0.3, -0.25) is 5.32 Å². The van der Waals surface area contributed by atoms with Gasteiger partial charge in [-0.1, -0.05) is 52.3 Å². The fourth-order valence-electron chi connectivity index (χ4n) is 1.62. The molecule has 0 aromatic heterocycles. The van der Waals surface area contributed by atoms with Crippen LogP contribution in [-0.4, -0.2) is 11.2 Å². The van der Waals surface area contributed by atoms with E-state index in [4.69, 9.17) is 5.11 Å². The van der Waals surface area contributed by atoms with Crippen molar-refractivity contribution >= 4 is 27.7 Å². The van der Waals surface area contributed by atoms with Crippen LogP contribution in [0, 0.1) is 0 Å². The molecule has 0 radical (unpaired) electrons. The van der Waals surface area contributed by atoms with Crippen molar-refractivity contribution in [1.82, 2.24) is 0 Å². The van der Waals surface area contributed by atoms with Crippen LogP contribution in [0.1, 0.15) is 0 Å². The van der Waals surface area contributed by atoms with Gasteiger partial charge in [0.25, 0.3) is 0 Å². The van der Waals surface area contributed by atoms with E-state index in [2.05, 4.69) is 21.2 Å². The Bertz CT molecular complexity index is 555. The second-order valence-corrected chi connectivity index (χ2v) is 4.31. The summed E-state index contributed by atoms with van der Waals surface area (Å²) >= 11 is 3.46. The highest BCUT2D eigenvalue weighted by molar-refractivity contribution is 9.10. The summed E-state index contributed by atoms with van der Waals surface area (Å²) in [6.45, 7) is 0. The molecule has 1 amide bonds. The van der Waals surface area contributed by atoms with Crippen LogP contribution in [0.3, 0.4) is 0 Å². The molecule has 2 aromatic rings. The zero-order valence-corrected chi connectivity index (χ0v) is 10.4. The smallest absolute Gasteiger partial charge is 0.409 e. The summed E-state index contributed by atoms with van der Waals surface area (Å²) in [4.78, 5) is 10.7. The first-order valence-electron chi connectivity index (χ1n) is 5.02. The van der Waals surface area contributed by atoms with Gasteiger partial charge in [-0.05, 0) is 17.7 Å². The lowest BCUT2D eigenvalue weighted by Gasteiger charge is -2.10. The Kier molecular flexibility index (Phi) is 3.44. The quantitative estimate of drug-likeness (QED) is 0.871. The molecule has 0 heterocycles. The van der Waals surface area contributed by atoms with E-state index >= 15 is 0 Å². The SMILES string of the molecule is O=C(O)Nc1ccccc1-c1ccccc1Br. The average molecular weight is 292 g/mol. The van der Waals surface area contributed by atoms with Crippen molar-refractivity contribution in [3.63, 3.8) is 0 Å². The van der Waals surface area contributed by atoms with Gasteiger partial charge in [-0.2, -0.15) is 0 Å². The van der Waals surface area contributed by atoms with Crippen LogP contribution in [0.5, 0.6) is 0 Å². The number of carboxylic acid groups (broad SMARTS) is 1. The maximum absolute atomic E-state index is 10.7. The molecular weight excluding hydrogens is 282 g/mol. The predicted octanol–water partition coefficient (Wildman–Crippen LogP) is 4.21. The van der Waals surface area contributed by atoms with E-state index in [0.29, 0.717) is 5.69 Å². The number of anilines is 1. The first kappa shape index (κ1) is 11.7. The van der Waals surface area contributed by atoms with Crippen LogP contribution in [0.4, 0.5) is 10.5 Å². The molecule has 0 fully saturated rings. The van der Waals surface area contributed by atoms with E-state index in [-0.39, 0.29) is 0 Å². The molecule has 0 unspecified atom stereocenters. The molecule has 4 heteroatoms. The topological polar surface area (TPSA) is 49.3 Å². The van der Waals surface area contributed by atoms with E-state index in [1.165, 1.54) is 0 Å². The van der Waals surface area contributed by atoms with Crippen LogP contribution in [0.25, 0.3) is 11.1 Å². The fraction of sp³-hybridized carbons (Fsp3) is 0. The highest BCUT2D eigenvalue weighted by Crippen LogP contribution is 2.33. The van der Waals surface area contributed by atoms with Gasteiger partial charge in [-0.15, -0.1) is 0 Å². The van der Waals surface area contributed by atoms with Crippen LogP contribution in [0.15, 0.2) is 53.0 Å². The summed E-state index contributed by atoms with van der Waals surface area (Å²) in [5, 5.41) is 11.2. The number of benzene rings is 2. The number of nitrogens with one attached hydrogen (secondary N) is 1. The van der Waals surface area contributed by atoms with Gasteiger partial charge in [0.1, 0.15) is 0 Å². The molecule has 2 rings (SSSR count). The third kappa shape index (κ3) is 2.65. The third-order valence-electron chi connectivity index (χ3n) is 2.33. The van der Waals surface area contributed by atoms with Crippen molar-refractivity contribution in [2.45, 2.75) is 0 Å². The summed E-state index contributed by atoms with van der Waals surface area (Å²) in [6.07, 6.45) is -1.07. The van der Waals surface area contributed by atoms with E-state index in [1.807, 2.05) is 36.4 Å². The molecular formula is C13H10BrNO2. The molecule has 2 N–H and O–H groups in total. The molecule has 0 aliphatic rings. The van der Waals surface area contributed by atoms with Gasteiger partial charge in [0.2, 0.25) is 0 Å². The van der Waals surface area contributed by atoms with Crippen molar-refractivity contribution in [2.24, 2.45) is 0 Å². The van der Waals surface area contributed by atoms with E-state index in [1.54, 1.807) is 12.1 Å². The Morgan fingerprint density at radius 3 is 2.24 bits per heavy atom. The minimum Gasteiger partial charge on any atom is -0.465 e. The second kappa shape index (κ2) is 5.01. The molecule has 86 valence electrons. The number of hydrogen-bond acceptors (Lipinski definition) is 1. The summed E-state index contributed by atoms with van der Waals surface area (Å²) in [5.41, 5.74) is 2.38. The van der Waals surface area contributed by atoms with Crippen molar-refractivity contribution in [3.05, 3.63) is 53.0 Å². The molecule has 0 aliphatic carbocycles. The number of halogens is 1. The lowest BCUT2D eigenvalue weighted by Crippen LogP contribution is -2.08. The van der Waals surface area contributed by atoms with Gasteiger partial charge in [0, 0.05) is 10.0 Å². The number of hydrogen-bond donors (Lipinski definition) is 2. The first-order chi connectivity index (χ1) is 8.18. The zero-order valence-electron chi connectivity index (χ0n) is 8.85. The highest BCUT2D eigenvalue weighted by atomic mass is 79.9. The van der Waals surface area contributed by atoms with Gasteiger partial charge < -0.3 is 5.11 Å². The van der Waals surface area contributed by atoms with Crippen molar-refractivity contribution in [3.8, 4) is 11.1 Å². The highest BCUT2D eigenvalue weighted by Gasteiger charge is 2.08. The summed E-state index contributed by atoms with van der Waals surface area (Å²) in [5.74, 6) is 0. The monoisotopic (exact) mass is 291 g/mol. The Balaban J connectivity index is 2.52. The van der Waals surface area contributed by atoms with Gasteiger partial charge in [-0.25, -0.2) is 4.79 Å². The average Bonchev–Trinajstić information content (AvgIpc) is 2.30. The largest absolute Gasteiger partial charge is 0.465 e. The summed E-state index contributed by atoms with van der Waals surface area (Å²) in [7, 11) is 0. The Morgan fingerprint density at radius 2 is 1.59 bits per heavy atom. The standard InChI is InChI=1S/C13H10BrNO2/c14-11-7-3-1-5-9(11)10-6-2-4-8-12(10)15-13(16)17/h1-8,15H,(H,16,17). The molecule has 0 aliphatic heterocycles. The maximum atomic E-state index is 10.7. The molecule has 0 saturated heterocycles. The third-order valence-corrected chi connectivity index (χ3v) is 3.02. The summed E-state index contributed by atoms with van der Waals surface area (Å²) < 4.78 is 0.930. The van der Waals surface area contributed by atoms with Crippen LogP contribution in [-0.2, 0) is 0 Å². The minimum atomic E-state index is -1.07. The van der Waals surface area contributed by atoms with Crippen molar-refractivity contribution < 1.29 is 9.90 Å². The maximum Gasteiger partial charge on any atom is 0.409 e. The van der Waals surface area contributed by atoms with Gasteiger partial charge in [0.05, 0.1) is 5.69 Å². The lowest BCUT2D eigenvalue weighted by atomic mass is 10.0. The number of para-hydroxylation sites is 1. The van der Waals surface area contributed by atoms with E-state index in [0.717, 1.165) is 15.6 Å². The molecule has 0 atom stereocenters. The Morgan fingerprint density at radius 1 is 1.00 bits per heavy atom. The molecule has 0 spiro atoms. The molecule has 17 heavy (non-hydrogen) atoms. The van der Waals surface area contributed by atoms with E-state index in [9.17, 15) is 4.79 Å². The summed E-state index contributed by atoms with van der Waals surface area (Å²) in [6, 6.07) is 15.0. The van der Waals surface area contributed by atoms with Crippen LogP contribution < -0.4 is 5.32 Å². The van der Waals surface area contributed by atoms with E-state index < -0.39 is 6.09 Å². The predicted molar refractivity (Wildman–Crippen MR) is 71.2 cm³/mol. The number of rotatable bonds is 2. The molecule has 0 saturated carbocycles. The van der Waals surface area contributed by atoms with Gasteiger partial charge >= 0.3 is 6.09 Å². The van der Waals surface area contributed by atoms with Crippen molar-refractivity contribution in [2.75, 3.05) is 5.32 Å². The van der Waals surface area contributed by atoms with Crippen LogP contribution in [0.2, 0.25) is 0 Å². The fourth-order valence-corrected chi connectivity index (χ4v) is 2.12. The molecule has 3 nitrogen and oxygen atoms in total. The van der Waals surface area contributed by atoms with Crippen LogP contribution >= 0.6 is 15.9 Å². The lowest BCUT2D eigenvalue weighted by molar-refractivity contribution is 0.210. The normalized spacial score (nSPS) is 9.94. The zero-order chi connectivity index (χ0) is 12.3. The Hall–Kier alpha value is -1.81. The Labute approximate surface area is 107 Å². The minimum absolute atomic E-state index is 0.576. The number of amides is 1. The molecule has 2 aromatic carbocycles. The first-order valence-corrected chi connectivity index (χ1v) is 5.81. The van der Waals surface area contributed by atoms with Gasteiger partial charge in [0.15, 0.2) is 0 Å².